The van der Waals surface area contributed by atoms with Gasteiger partial charge in [-0.1, -0.05) is 35.9 Å². The zero-order chi connectivity index (χ0) is 22.2. The van der Waals surface area contributed by atoms with Crippen molar-refractivity contribution < 1.29 is 19.1 Å². The van der Waals surface area contributed by atoms with E-state index in [0.29, 0.717) is 49.1 Å². The number of hydrogen-bond acceptors (Lipinski definition) is 5. The maximum atomic E-state index is 12.5. The first-order chi connectivity index (χ1) is 15.0. The van der Waals surface area contributed by atoms with Crippen LogP contribution in [-0.4, -0.2) is 56.6 Å². The molecule has 0 unspecified atom stereocenters. The van der Waals surface area contributed by atoms with Crippen molar-refractivity contribution in [2.75, 3.05) is 33.9 Å². The van der Waals surface area contributed by atoms with Gasteiger partial charge >= 0.3 is 0 Å². The van der Waals surface area contributed by atoms with Crippen molar-refractivity contribution in [2.45, 2.75) is 25.4 Å². The van der Waals surface area contributed by atoms with Gasteiger partial charge in [0.1, 0.15) is 0 Å². The summed E-state index contributed by atoms with van der Waals surface area (Å²) in [5, 5.41) is 6.44. The summed E-state index contributed by atoms with van der Waals surface area (Å²) < 4.78 is 10.9. The molecule has 1 aliphatic heterocycles. The molecule has 166 valence electrons. The first-order valence-electron chi connectivity index (χ1n) is 10.2. The average molecular weight is 446 g/mol. The summed E-state index contributed by atoms with van der Waals surface area (Å²) in [5.74, 6) is 0.974. The second-order valence-corrected chi connectivity index (χ2v) is 7.80. The molecule has 0 spiro atoms. The lowest BCUT2D eigenvalue weighted by atomic mass is 10.1. The predicted octanol–water partition coefficient (Wildman–Crippen LogP) is 2.41. The number of carbonyl (C=O) groups is 2. The summed E-state index contributed by atoms with van der Waals surface area (Å²) in [5.41, 5.74) is 1.96. The molecular weight excluding hydrogens is 418 g/mol. The van der Waals surface area contributed by atoms with Crippen LogP contribution in [0.5, 0.6) is 11.5 Å². The van der Waals surface area contributed by atoms with Gasteiger partial charge in [-0.3, -0.25) is 14.5 Å². The Morgan fingerprint density at radius 2 is 2.03 bits per heavy atom. The Balaban J connectivity index is 1.61. The lowest BCUT2D eigenvalue weighted by Gasteiger charge is -2.35. The number of ether oxygens (including phenoxy) is 2. The molecular formula is C23H28ClN3O4. The number of piperazine rings is 1. The highest BCUT2D eigenvalue weighted by Crippen LogP contribution is 2.32. The minimum atomic E-state index is -0.546. The fourth-order valence-electron chi connectivity index (χ4n) is 3.76. The van der Waals surface area contributed by atoms with Crippen LogP contribution in [0.4, 0.5) is 0 Å². The molecule has 2 amide bonds. The van der Waals surface area contributed by atoms with Gasteiger partial charge in [-0.15, -0.1) is 0 Å². The zero-order valence-corrected chi connectivity index (χ0v) is 18.6. The van der Waals surface area contributed by atoms with E-state index < -0.39 is 6.04 Å². The van der Waals surface area contributed by atoms with Crippen LogP contribution in [0, 0.1) is 0 Å². The SMILES string of the molecule is COc1cccc(CN2CCNC(=O)[C@@H]2CC(=O)NCCc2cccc(Cl)c2)c1OC. The second kappa shape index (κ2) is 11.0. The van der Waals surface area contributed by atoms with E-state index in [1.54, 1.807) is 14.2 Å². The molecule has 3 rings (SSSR count). The highest BCUT2D eigenvalue weighted by atomic mass is 35.5. The molecule has 1 atom stereocenters. The number of methoxy groups -OCH3 is 2. The van der Waals surface area contributed by atoms with E-state index >= 15 is 0 Å². The van der Waals surface area contributed by atoms with Gasteiger partial charge in [-0.25, -0.2) is 0 Å². The number of carbonyl (C=O) groups excluding carboxylic acids is 2. The third-order valence-corrected chi connectivity index (χ3v) is 5.54. The lowest BCUT2D eigenvalue weighted by molar-refractivity contribution is -0.134. The van der Waals surface area contributed by atoms with Crippen LogP contribution in [0.15, 0.2) is 42.5 Å². The van der Waals surface area contributed by atoms with E-state index in [1.807, 2.05) is 47.4 Å². The van der Waals surface area contributed by atoms with Crippen LogP contribution in [-0.2, 0) is 22.6 Å². The Hall–Kier alpha value is -2.77. The van der Waals surface area contributed by atoms with E-state index in [1.165, 1.54) is 0 Å². The van der Waals surface area contributed by atoms with Crippen molar-refractivity contribution in [2.24, 2.45) is 0 Å². The number of hydrogen-bond donors (Lipinski definition) is 2. The van der Waals surface area contributed by atoms with Crippen molar-refractivity contribution >= 4 is 23.4 Å². The molecule has 2 aromatic carbocycles. The average Bonchev–Trinajstić information content (AvgIpc) is 2.76. The van der Waals surface area contributed by atoms with Gasteiger partial charge in [0.25, 0.3) is 0 Å². The van der Waals surface area contributed by atoms with Gasteiger partial charge in [-0.2, -0.15) is 0 Å². The molecule has 0 aromatic heterocycles. The number of nitrogens with one attached hydrogen (secondary N) is 2. The maximum Gasteiger partial charge on any atom is 0.237 e. The largest absolute Gasteiger partial charge is 0.493 e. The molecule has 1 saturated heterocycles. The first-order valence-corrected chi connectivity index (χ1v) is 10.6. The number of para-hydroxylation sites is 1. The van der Waals surface area contributed by atoms with E-state index in [-0.39, 0.29) is 18.2 Å². The third-order valence-electron chi connectivity index (χ3n) is 5.30. The highest BCUT2D eigenvalue weighted by Gasteiger charge is 2.32. The smallest absolute Gasteiger partial charge is 0.237 e. The molecule has 1 fully saturated rings. The standard InChI is InChI=1S/C23H28ClN3O4/c1-30-20-8-4-6-17(22(20)31-2)15-27-12-11-26-23(29)19(27)14-21(28)25-10-9-16-5-3-7-18(24)13-16/h3-8,13,19H,9-12,14-15H2,1-2H3,(H,25,28)(H,26,29)/t19-/m0/s1. The van der Waals surface area contributed by atoms with E-state index in [4.69, 9.17) is 21.1 Å². The Morgan fingerprint density at radius 3 is 2.77 bits per heavy atom. The van der Waals surface area contributed by atoms with E-state index in [0.717, 1.165) is 11.1 Å². The van der Waals surface area contributed by atoms with Crippen molar-refractivity contribution in [1.29, 1.82) is 0 Å². The molecule has 8 heteroatoms. The van der Waals surface area contributed by atoms with Gasteiger partial charge in [0, 0.05) is 36.8 Å². The summed E-state index contributed by atoms with van der Waals surface area (Å²) in [6, 6.07) is 12.7. The molecule has 0 radical (unpaired) electrons. The summed E-state index contributed by atoms with van der Waals surface area (Å²) in [6.07, 6.45) is 0.765. The minimum absolute atomic E-state index is 0.0909. The molecule has 0 aliphatic carbocycles. The van der Waals surface area contributed by atoms with Crippen LogP contribution < -0.4 is 20.1 Å². The number of halogens is 1. The molecule has 1 aliphatic rings. The molecule has 7 nitrogen and oxygen atoms in total. The van der Waals surface area contributed by atoms with Gasteiger partial charge in [0.2, 0.25) is 11.8 Å². The normalized spacial score (nSPS) is 16.5. The summed E-state index contributed by atoms with van der Waals surface area (Å²) >= 11 is 6.00. The quantitative estimate of drug-likeness (QED) is 0.619. The van der Waals surface area contributed by atoms with Gasteiger partial charge in [-0.05, 0) is 30.2 Å². The molecule has 2 aromatic rings. The first kappa shape index (κ1) is 22.9. The van der Waals surface area contributed by atoms with Crippen molar-refractivity contribution in [3.05, 3.63) is 58.6 Å². The minimum Gasteiger partial charge on any atom is -0.493 e. The maximum absolute atomic E-state index is 12.5. The monoisotopic (exact) mass is 445 g/mol. The van der Waals surface area contributed by atoms with Gasteiger partial charge in [0.15, 0.2) is 11.5 Å². The van der Waals surface area contributed by atoms with Crippen LogP contribution in [0.3, 0.4) is 0 Å². The highest BCUT2D eigenvalue weighted by molar-refractivity contribution is 6.30. The summed E-state index contributed by atoms with van der Waals surface area (Å²) in [4.78, 5) is 27.1. The Morgan fingerprint density at radius 1 is 1.23 bits per heavy atom. The number of nitrogens with zero attached hydrogens (tertiary/aromatic N) is 1. The fourth-order valence-corrected chi connectivity index (χ4v) is 3.97. The van der Waals surface area contributed by atoms with Crippen LogP contribution >= 0.6 is 11.6 Å². The topological polar surface area (TPSA) is 79.9 Å². The molecule has 1 heterocycles. The number of rotatable bonds is 9. The lowest BCUT2D eigenvalue weighted by Crippen LogP contribution is -2.56. The number of benzene rings is 2. The molecule has 2 N–H and O–H groups in total. The van der Waals surface area contributed by atoms with E-state index in [2.05, 4.69) is 10.6 Å². The summed E-state index contributed by atoms with van der Waals surface area (Å²) in [7, 11) is 3.18. The van der Waals surface area contributed by atoms with Crippen LogP contribution in [0.2, 0.25) is 5.02 Å². The van der Waals surface area contributed by atoms with Crippen molar-refractivity contribution in [1.82, 2.24) is 15.5 Å². The zero-order valence-electron chi connectivity index (χ0n) is 17.8. The van der Waals surface area contributed by atoms with Crippen LogP contribution in [0.25, 0.3) is 0 Å². The third kappa shape index (κ3) is 6.12. The number of amides is 2. The summed E-state index contributed by atoms with van der Waals surface area (Å²) in [6.45, 7) is 2.15. The van der Waals surface area contributed by atoms with E-state index in [9.17, 15) is 9.59 Å². The Bertz CT molecular complexity index is 921. The van der Waals surface area contributed by atoms with Crippen LogP contribution in [0.1, 0.15) is 17.5 Å². The Labute approximate surface area is 187 Å². The molecule has 31 heavy (non-hydrogen) atoms. The predicted molar refractivity (Wildman–Crippen MR) is 120 cm³/mol. The van der Waals surface area contributed by atoms with Crippen molar-refractivity contribution in [3.63, 3.8) is 0 Å². The molecule has 0 saturated carbocycles. The van der Waals surface area contributed by atoms with Gasteiger partial charge < -0.3 is 20.1 Å². The second-order valence-electron chi connectivity index (χ2n) is 7.36. The van der Waals surface area contributed by atoms with Gasteiger partial charge in [0.05, 0.1) is 26.7 Å². The fraction of sp³-hybridized carbons (Fsp3) is 0.391. The Kier molecular flexibility index (Phi) is 8.14. The van der Waals surface area contributed by atoms with Crippen molar-refractivity contribution in [3.8, 4) is 11.5 Å². The molecule has 0 bridgehead atoms.